The summed E-state index contributed by atoms with van der Waals surface area (Å²) in [7, 11) is 0. The van der Waals surface area contributed by atoms with Crippen LogP contribution in [0.1, 0.15) is 27.0 Å². The molecule has 0 spiro atoms. The topological polar surface area (TPSA) is 37.3 Å². The van der Waals surface area contributed by atoms with E-state index >= 15 is 0 Å². The molecule has 0 bridgehead atoms. The summed E-state index contributed by atoms with van der Waals surface area (Å²) in [5.74, 6) is -1.68. The second kappa shape index (κ2) is 6.38. The molecule has 0 amide bonds. The standard InChI is InChI=1S/C16H9F7O2/c17-7-8-1-9(4-12(2-8)15(18,19)20)10-3-11(14(24)25)6-13(5-10)16(21,22)23/h1-6H,7H2,(H,24,25). The van der Waals surface area contributed by atoms with E-state index in [1.54, 1.807) is 0 Å². The van der Waals surface area contributed by atoms with E-state index in [1.165, 1.54) is 0 Å². The maximum Gasteiger partial charge on any atom is 0.416 e. The highest BCUT2D eigenvalue weighted by Crippen LogP contribution is 2.37. The third-order valence-electron chi connectivity index (χ3n) is 3.32. The molecule has 0 heterocycles. The van der Waals surface area contributed by atoms with Crippen LogP contribution in [0.15, 0.2) is 36.4 Å². The van der Waals surface area contributed by atoms with Crippen molar-refractivity contribution in [3.8, 4) is 11.1 Å². The minimum Gasteiger partial charge on any atom is -0.478 e. The van der Waals surface area contributed by atoms with Gasteiger partial charge in [0.15, 0.2) is 0 Å². The monoisotopic (exact) mass is 366 g/mol. The van der Waals surface area contributed by atoms with Crippen molar-refractivity contribution in [1.82, 2.24) is 0 Å². The Hall–Kier alpha value is -2.58. The Bertz CT molecular complexity index is 807. The minimum atomic E-state index is -4.90. The fourth-order valence-corrected chi connectivity index (χ4v) is 2.18. The molecule has 0 saturated carbocycles. The van der Waals surface area contributed by atoms with E-state index in [9.17, 15) is 35.5 Å². The number of alkyl halides is 7. The summed E-state index contributed by atoms with van der Waals surface area (Å²) < 4.78 is 90.2. The van der Waals surface area contributed by atoms with Crippen LogP contribution < -0.4 is 0 Å². The maximum atomic E-state index is 12.9. The summed E-state index contributed by atoms with van der Waals surface area (Å²) in [4.78, 5) is 11.0. The number of hydrogen-bond acceptors (Lipinski definition) is 1. The predicted octanol–water partition coefficient (Wildman–Crippen LogP) is 5.56. The Kier molecular flexibility index (Phi) is 4.79. The van der Waals surface area contributed by atoms with Gasteiger partial charge in [-0.25, -0.2) is 9.18 Å². The van der Waals surface area contributed by atoms with Crippen molar-refractivity contribution in [2.75, 3.05) is 0 Å². The van der Waals surface area contributed by atoms with Gasteiger partial charge in [0.2, 0.25) is 0 Å². The van der Waals surface area contributed by atoms with Gasteiger partial charge in [-0.15, -0.1) is 0 Å². The molecule has 134 valence electrons. The van der Waals surface area contributed by atoms with Crippen LogP contribution in [0.5, 0.6) is 0 Å². The molecule has 1 N–H and O–H groups in total. The number of hydrogen-bond donors (Lipinski definition) is 1. The minimum absolute atomic E-state index is 0.365. The Morgan fingerprint density at radius 3 is 1.72 bits per heavy atom. The van der Waals surface area contributed by atoms with E-state index in [-0.39, 0.29) is 11.1 Å². The molecule has 0 aromatic heterocycles. The lowest BCUT2D eigenvalue weighted by molar-refractivity contribution is -0.138. The SMILES string of the molecule is O=C(O)c1cc(-c2cc(CF)cc(C(F)(F)F)c2)cc(C(F)(F)F)c1. The molecule has 0 aliphatic rings. The quantitative estimate of drug-likeness (QED) is 0.723. The molecule has 0 aliphatic carbocycles. The van der Waals surface area contributed by atoms with Gasteiger partial charge in [0.05, 0.1) is 16.7 Å². The first-order valence-corrected chi connectivity index (χ1v) is 6.65. The molecule has 9 heteroatoms. The third kappa shape index (κ3) is 4.28. The molecule has 0 atom stereocenters. The lowest BCUT2D eigenvalue weighted by Gasteiger charge is -2.14. The highest BCUT2D eigenvalue weighted by Gasteiger charge is 2.33. The van der Waals surface area contributed by atoms with Gasteiger partial charge in [-0.3, -0.25) is 0 Å². The maximum absolute atomic E-state index is 12.9. The van der Waals surface area contributed by atoms with Crippen molar-refractivity contribution in [3.05, 3.63) is 58.7 Å². The Labute approximate surface area is 136 Å². The van der Waals surface area contributed by atoms with Crippen LogP contribution in [-0.4, -0.2) is 11.1 Å². The van der Waals surface area contributed by atoms with Gasteiger partial charge in [0, 0.05) is 0 Å². The van der Waals surface area contributed by atoms with Gasteiger partial charge in [0.1, 0.15) is 6.67 Å². The lowest BCUT2D eigenvalue weighted by atomic mass is 9.96. The Morgan fingerprint density at radius 1 is 0.800 bits per heavy atom. The van der Waals surface area contributed by atoms with Gasteiger partial charge in [-0.2, -0.15) is 26.3 Å². The first-order chi connectivity index (χ1) is 11.4. The summed E-state index contributed by atoms with van der Waals surface area (Å²) in [6.07, 6.45) is -9.73. The van der Waals surface area contributed by atoms with E-state index < -0.39 is 47.3 Å². The molecule has 25 heavy (non-hydrogen) atoms. The number of rotatable bonds is 3. The highest BCUT2D eigenvalue weighted by molar-refractivity contribution is 5.90. The molecular weight excluding hydrogens is 357 g/mol. The first-order valence-electron chi connectivity index (χ1n) is 6.65. The van der Waals surface area contributed by atoms with Crippen LogP contribution in [0.2, 0.25) is 0 Å². The van der Waals surface area contributed by atoms with Crippen LogP contribution in [-0.2, 0) is 19.0 Å². The zero-order chi connectivity index (χ0) is 19.0. The van der Waals surface area contributed by atoms with E-state index in [1.807, 2.05) is 0 Å². The molecule has 0 saturated heterocycles. The first kappa shape index (κ1) is 18.8. The predicted molar refractivity (Wildman–Crippen MR) is 73.7 cm³/mol. The summed E-state index contributed by atoms with van der Waals surface area (Å²) in [5.41, 5.74) is -4.49. The molecule has 2 aromatic rings. The number of aromatic carboxylic acids is 1. The fourth-order valence-electron chi connectivity index (χ4n) is 2.18. The summed E-state index contributed by atoms with van der Waals surface area (Å²) in [5, 5.41) is 8.92. The second-order valence-corrected chi connectivity index (χ2v) is 5.15. The van der Waals surface area contributed by atoms with Crippen LogP contribution in [0.25, 0.3) is 11.1 Å². The van der Waals surface area contributed by atoms with Gasteiger partial charge < -0.3 is 5.11 Å². The molecule has 2 rings (SSSR count). The van der Waals surface area contributed by atoms with Crippen molar-refractivity contribution in [2.24, 2.45) is 0 Å². The Morgan fingerprint density at radius 2 is 1.28 bits per heavy atom. The average molecular weight is 366 g/mol. The molecular formula is C16H9F7O2. The molecule has 2 nitrogen and oxygen atoms in total. The highest BCUT2D eigenvalue weighted by atomic mass is 19.4. The lowest BCUT2D eigenvalue weighted by Crippen LogP contribution is -2.09. The van der Waals surface area contributed by atoms with Gasteiger partial charge in [-0.05, 0) is 53.1 Å². The van der Waals surface area contributed by atoms with E-state index in [0.29, 0.717) is 24.3 Å². The number of carboxylic acid groups (broad SMARTS) is 1. The molecule has 0 fully saturated rings. The summed E-state index contributed by atoms with van der Waals surface area (Å²) >= 11 is 0. The van der Waals surface area contributed by atoms with Crippen LogP contribution in [0.4, 0.5) is 30.7 Å². The number of benzene rings is 2. The smallest absolute Gasteiger partial charge is 0.416 e. The van der Waals surface area contributed by atoms with Gasteiger partial charge in [-0.1, -0.05) is 0 Å². The molecule has 0 aliphatic heterocycles. The molecule has 2 aromatic carbocycles. The number of carbonyl (C=O) groups is 1. The largest absolute Gasteiger partial charge is 0.478 e. The average Bonchev–Trinajstić information content (AvgIpc) is 2.52. The van der Waals surface area contributed by atoms with Crippen molar-refractivity contribution in [1.29, 1.82) is 0 Å². The van der Waals surface area contributed by atoms with Crippen molar-refractivity contribution >= 4 is 5.97 Å². The van der Waals surface area contributed by atoms with Gasteiger partial charge in [0.25, 0.3) is 0 Å². The van der Waals surface area contributed by atoms with Crippen LogP contribution >= 0.6 is 0 Å². The zero-order valence-corrected chi connectivity index (χ0v) is 12.2. The van der Waals surface area contributed by atoms with E-state index in [0.717, 1.165) is 12.1 Å². The van der Waals surface area contributed by atoms with E-state index in [4.69, 9.17) is 5.11 Å². The summed E-state index contributed by atoms with van der Waals surface area (Å²) in [6, 6.07) is 3.71. The second-order valence-electron chi connectivity index (χ2n) is 5.15. The fraction of sp³-hybridized carbons (Fsp3) is 0.188. The molecule has 0 unspecified atom stereocenters. The normalized spacial score (nSPS) is 12.3. The molecule has 0 radical (unpaired) electrons. The zero-order valence-electron chi connectivity index (χ0n) is 12.2. The Balaban J connectivity index is 2.72. The van der Waals surface area contributed by atoms with Crippen molar-refractivity contribution < 1.29 is 40.6 Å². The number of carboxylic acids is 1. The van der Waals surface area contributed by atoms with Crippen molar-refractivity contribution in [2.45, 2.75) is 19.0 Å². The van der Waals surface area contributed by atoms with Crippen molar-refractivity contribution in [3.63, 3.8) is 0 Å². The summed E-state index contributed by atoms with van der Waals surface area (Å²) in [6.45, 7) is -1.26. The van der Waals surface area contributed by atoms with Crippen LogP contribution in [0.3, 0.4) is 0 Å². The number of halogens is 7. The van der Waals surface area contributed by atoms with E-state index in [2.05, 4.69) is 0 Å². The van der Waals surface area contributed by atoms with Gasteiger partial charge >= 0.3 is 18.3 Å². The van der Waals surface area contributed by atoms with Crippen LogP contribution in [0, 0.1) is 0 Å². The third-order valence-corrected chi connectivity index (χ3v) is 3.32.